The first-order valence-corrected chi connectivity index (χ1v) is 13.6. The maximum absolute atomic E-state index is 12.4. The number of aliphatic imine (C=N–C) groups is 1. The van der Waals surface area contributed by atoms with E-state index in [1.807, 2.05) is 68.3 Å². The van der Waals surface area contributed by atoms with Gasteiger partial charge in [0.25, 0.3) is 0 Å². The highest BCUT2D eigenvalue weighted by Crippen LogP contribution is 2.26. The fraction of sp³-hybridized carbons (Fsp3) is 0.533. The monoisotopic (exact) mass is 508 g/mol. The minimum atomic E-state index is -0.0286. The number of ether oxygens (including phenoxy) is 2. The molecule has 1 heterocycles. The van der Waals surface area contributed by atoms with Crippen molar-refractivity contribution in [3.63, 3.8) is 0 Å². The molecule has 7 heteroatoms. The van der Waals surface area contributed by atoms with Crippen LogP contribution in [0.2, 0.25) is 0 Å². The van der Waals surface area contributed by atoms with Gasteiger partial charge in [-0.25, -0.2) is 4.99 Å². The summed E-state index contributed by atoms with van der Waals surface area (Å²) in [7, 11) is 3.54. The zero-order chi connectivity index (χ0) is 26.6. The summed E-state index contributed by atoms with van der Waals surface area (Å²) in [6.07, 6.45) is 4.88. The number of nitrogens with one attached hydrogen (secondary N) is 1. The van der Waals surface area contributed by atoms with E-state index < -0.39 is 0 Å². The molecule has 0 aromatic heterocycles. The van der Waals surface area contributed by atoms with E-state index in [0.717, 1.165) is 41.3 Å². The molecule has 1 aliphatic heterocycles. The van der Waals surface area contributed by atoms with Crippen LogP contribution in [0.1, 0.15) is 50.7 Å². The molecule has 2 aromatic carbocycles. The molecule has 1 atom stereocenters. The Balaban J connectivity index is 1.74. The molecule has 202 valence electrons. The molecule has 0 saturated carbocycles. The SMILES string of the molecule is CCCNC(=O)CN(C)C(=Nc1ccc(OC[C@@H](C)CN2CCCCC2)cc1C)c1cccc(OC)c1. The number of aryl methyl sites for hydroxylation is 1. The van der Waals surface area contributed by atoms with Crippen LogP contribution in [0.4, 0.5) is 5.69 Å². The van der Waals surface area contributed by atoms with Gasteiger partial charge in [-0.15, -0.1) is 0 Å². The summed E-state index contributed by atoms with van der Waals surface area (Å²) in [4.78, 5) is 21.9. The minimum absolute atomic E-state index is 0.0286. The van der Waals surface area contributed by atoms with Crippen molar-refractivity contribution in [3.05, 3.63) is 53.6 Å². The average Bonchev–Trinajstić information content (AvgIpc) is 2.90. The number of carbonyl (C=O) groups excluding carboxylic acids is 1. The summed E-state index contributed by atoms with van der Waals surface area (Å²) in [6.45, 7) is 11.4. The third-order valence-corrected chi connectivity index (χ3v) is 6.59. The van der Waals surface area contributed by atoms with Crippen molar-refractivity contribution in [1.82, 2.24) is 15.1 Å². The summed E-state index contributed by atoms with van der Waals surface area (Å²) in [5.74, 6) is 2.75. The smallest absolute Gasteiger partial charge is 0.239 e. The third kappa shape index (κ3) is 9.08. The minimum Gasteiger partial charge on any atom is -0.497 e. The van der Waals surface area contributed by atoms with Gasteiger partial charge < -0.3 is 24.6 Å². The van der Waals surface area contributed by atoms with Gasteiger partial charge in [-0.1, -0.05) is 32.4 Å². The Bertz CT molecular complexity index is 1030. The van der Waals surface area contributed by atoms with E-state index in [1.165, 1.54) is 32.4 Å². The predicted octanol–water partition coefficient (Wildman–Crippen LogP) is 5.04. The number of amides is 1. The fourth-order valence-electron chi connectivity index (χ4n) is 4.57. The first-order valence-electron chi connectivity index (χ1n) is 13.6. The summed E-state index contributed by atoms with van der Waals surface area (Å²) >= 11 is 0. The molecule has 0 unspecified atom stereocenters. The summed E-state index contributed by atoms with van der Waals surface area (Å²) in [5, 5.41) is 2.94. The number of carbonyl (C=O) groups is 1. The number of piperidine rings is 1. The van der Waals surface area contributed by atoms with Gasteiger partial charge in [0.1, 0.15) is 17.3 Å². The van der Waals surface area contributed by atoms with Crippen molar-refractivity contribution < 1.29 is 14.3 Å². The second kappa shape index (κ2) is 14.6. The topological polar surface area (TPSA) is 66.4 Å². The molecule has 1 aliphatic rings. The zero-order valence-corrected chi connectivity index (χ0v) is 23.3. The van der Waals surface area contributed by atoms with Gasteiger partial charge >= 0.3 is 0 Å². The normalized spacial score (nSPS) is 15.2. The van der Waals surface area contributed by atoms with Crippen LogP contribution in [0.25, 0.3) is 0 Å². The molecule has 0 radical (unpaired) electrons. The molecule has 7 nitrogen and oxygen atoms in total. The van der Waals surface area contributed by atoms with Crippen LogP contribution in [0.5, 0.6) is 11.5 Å². The lowest BCUT2D eigenvalue weighted by atomic mass is 10.1. The molecular weight excluding hydrogens is 464 g/mol. The molecule has 1 fully saturated rings. The number of rotatable bonds is 12. The second-order valence-electron chi connectivity index (χ2n) is 10.1. The number of likely N-dealkylation sites (tertiary alicyclic amines) is 1. The van der Waals surface area contributed by atoms with Gasteiger partial charge in [-0.3, -0.25) is 4.79 Å². The molecular formula is C30H44N4O3. The van der Waals surface area contributed by atoms with Crippen LogP contribution >= 0.6 is 0 Å². The number of methoxy groups -OCH3 is 1. The molecule has 1 amide bonds. The standard InChI is InChI=1S/C30H44N4O3/c1-6-15-31-29(35)21-33(4)30(25-11-10-12-26(19-25)36-5)32-28-14-13-27(18-24(28)3)37-22-23(2)20-34-16-8-7-9-17-34/h10-14,18-19,23H,6-9,15-17,20-22H2,1-5H3,(H,31,35)/t23-/m0/s1. The number of hydrogen-bond acceptors (Lipinski definition) is 5. The second-order valence-corrected chi connectivity index (χ2v) is 10.1. The van der Waals surface area contributed by atoms with Crippen molar-refractivity contribution in [2.45, 2.75) is 46.5 Å². The Hall–Kier alpha value is -3.06. The summed E-state index contributed by atoms with van der Waals surface area (Å²) in [5.41, 5.74) is 2.74. The molecule has 1 saturated heterocycles. The van der Waals surface area contributed by atoms with Crippen LogP contribution in [-0.4, -0.2) is 75.0 Å². The van der Waals surface area contributed by atoms with E-state index >= 15 is 0 Å². The molecule has 0 aliphatic carbocycles. The van der Waals surface area contributed by atoms with Gasteiger partial charge in [-0.2, -0.15) is 0 Å². The zero-order valence-electron chi connectivity index (χ0n) is 23.3. The van der Waals surface area contributed by atoms with Gasteiger partial charge in [-0.05, 0) is 75.2 Å². The van der Waals surface area contributed by atoms with Gasteiger partial charge in [0.05, 0.1) is 25.9 Å². The molecule has 3 rings (SSSR count). The van der Waals surface area contributed by atoms with Crippen molar-refractivity contribution in [2.24, 2.45) is 10.9 Å². The highest BCUT2D eigenvalue weighted by atomic mass is 16.5. The maximum Gasteiger partial charge on any atom is 0.239 e. The lowest BCUT2D eigenvalue weighted by molar-refractivity contribution is -0.121. The Labute approximate surface area is 222 Å². The van der Waals surface area contributed by atoms with Crippen molar-refractivity contribution in [2.75, 3.05) is 53.5 Å². The molecule has 0 bridgehead atoms. The van der Waals surface area contributed by atoms with Crippen LogP contribution in [0.15, 0.2) is 47.5 Å². The van der Waals surface area contributed by atoms with Gasteiger partial charge in [0, 0.05) is 31.6 Å². The first kappa shape index (κ1) is 28.5. The van der Waals surface area contributed by atoms with E-state index in [0.29, 0.717) is 24.9 Å². The van der Waals surface area contributed by atoms with Crippen LogP contribution in [0.3, 0.4) is 0 Å². The molecule has 37 heavy (non-hydrogen) atoms. The predicted molar refractivity (Wildman–Crippen MR) is 151 cm³/mol. The Morgan fingerprint density at radius 3 is 2.62 bits per heavy atom. The van der Waals surface area contributed by atoms with Crippen LogP contribution in [0, 0.1) is 12.8 Å². The van der Waals surface area contributed by atoms with E-state index in [2.05, 4.69) is 17.1 Å². The van der Waals surface area contributed by atoms with E-state index in [-0.39, 0.29) is 12.5 Å². The molecule has 0 spiro atoms. The average molecular weight is 509 g/mol. The van der Waals surface area contributed by atoms with Crippen molar-refractivity contribution in [1.29, 1.82) is 0 Å². The quantitative estimate of drug-likeness (QED) is 0.321. The maximum atomic E-state index is 12.4. The molecule has 2 aromatic rings. The number of hydrogen-bond donors (Lipinski definition) is 1. The molecule has 1 N–H and O–H groups in total. The lowest BCUT2D eigenvalue weighted by Crippen LogP contribution is -2.39. The fourth-order valence-corrected chi connectivity index (χ4v) is 4.57. The van der Waals surface area contributed by atoms with E-state index in [1.54, 1.807) is 7.11 Å². The van der Waals surface area contributed by atoms with Gasteiger partial charge in [0.2, 0.25) is 5.91 Å². The highest BCUT2D eigenvalue weighted by molar-refractivity contribution is 6.02. The van der Waals surface area contributed by atoms with Crippen LogP contribution < -0.4 is 14.8 Å². The largest absolute Gasteiger partial charge is 0.497 e. The number of amidine groups is 1. The lowest BCUT2D eigenvalue weighted by Gasteiger charge is -2.29. The highest BCUT2D eigenvalue weighted by Gasteiger charge is 2.16. The van der Waals surface area contributed by atoms with Crippen molar-refractivity contribution in [3.8, 4) is 11.5 Å². The first-order chi connectivity index (χ1) is 17.9. The summed E-state index contributed by atoms with van der Waals surface area (Å²) in [6, 6.07) is 13.8. The Morgan fingerprint density at radius 1 is 1.14 bits per heavy atom. The van der Waals surface area contributed by atoms with E-state index in [4.69, 9.17) is 14.5 Å². The Morgan fingerprint density at radius 2 is 1.92 bits per heavy atom. The Kier molecular flexibility index (Phi) is 11.3. The van der Waals surface area contributed by atoms with Crippen LogP contribution in [-0.2, 0) is 4.79 Å². The third-order valence-electron chi connectivity index (χ3n) is 6.59. The van der Waals surface area contributed by atoms with E-state index in [9.17, 15) is 4.79 Å². The number of benzene rings is 2. The van der Waals surface area contributed by atoms with Gasteiger partial charge in [0.15, 0.2) is 0 Å². The van der Waals surface area contributed by atoms with Crippen molar-refractivity contribution >= 4 is 17.4 Å². The summed E-state index contributed by atoms with van der Waals surface area (Å²) < 4.78 is 11.6. The number of likely N-dealkylation sites (N-methyl/N-ethyl adjacent to an activating group) is 1. The number of nitrogens with zero attached hydrogens (tertiary/aromatic N) is 3.